The summed E-state index contributed by atoms with van der Waals surface area (Å²) in [6.07, 6.45) is 2.51. The number of aromatic amines is 1. The zero-order chi connectivity index (χ0) is 20.8. The number of nitrogens with zero attached hydrogens (tertiary/aromatic N) is 1. The summed E-state index contributed by atoms with van der Waals surface area (Å²) in [4.78, 5) is 18.2. The average molecular weight is 430 g/mol. The van der Waals surface area contributed by atoms with E-state index in [1.807, 2.05) is 39.3 Å². The number of benzene rings is 2. The molecule has 4 rings (SSSR count). The molecule has 1 aromatic heterocycles. The van der Waals surface area contributed by atoms with Crippen LogP contribution in [0.2, 0.25) is 0 Å². The van der Waals surface area contributed by atoms with E-state index in [1.165, 1.54) is 0 Å². The van der Waals surface area contributed by atoms with E-state index < -0.39 is 9.75 Å². The smallest absolute Gasteiger partial charge is 0.229 e. The van der Waals surface area contributed by atoms with Crippen LogP contribution in [0.1, 0.15) is 30.4 Å². The van der Waals surface area contributed by atoms with Gasteiger partial charge in [0, 0.05) is 49.3 Å². The first kappa shape index (κ1) is 20.1. The Bertz CT molecular complexity index is 1040. The van der Waals surface area contributed by atoms with Crippen molar-refractivity contribution >= 4 is 45.7 Å². The Labute approximate surface area is 181 Å². The highest BCUT2D eigenvalue weighted by atomic mass is 35.5. The highest BCUT2D eigenvalue weighted by Crippen LogP contribution is 2.63. The molecule has 0 saturated heterocycles. The molecular formula is C23H25Cl2N3O. The van der Waals surface area contributed by atoms with Gasteiger partial charge in [-0.1, -0.05) is 30.3 Å². The Balaban J connectivity index is 1.65. The number of para-hydroxylation sites is 1. The molecule has 0 aliphatic heterocycles. The van der Waals surface area contributed by atoms with Gasteiger partial charge in [0.2, 0.25) is 5.91 Å². The van der Waals surface area contributed by atoms with Crippen LogP contribution in [0.15, 0.2) is 54.7 Å². The number of amides is 1. The van der Waals surface area contributed by atoms with Crippen molar-refractivity contribution in [2.45, 2.75) is 23.6 Å². The summed E-state index contributed by atoms with van der Waals surface area (Å²) in [5, 5.41) is 4.26. The molecule has 1 saturated carbocycles. The van der Waals surface area contributed by atoms with Crippen LogP contribution < -0.4 is 10.2 Å². The molecule has 29 heavy (non-hydrogen) atoms. The van der Waals surface area contributed by atoms with E-state index in [-0.39, 0.29) is 11.8 Å². The lowest BCUT2D eigenvalue weighted by Crippen LogP contribution is -2.36. The van der Waals surface area contributed by atoms with Crippen LogP contribution in [0.4, 0.5) is 5.69 Å². The van der Waals surface area contributed by atoms with Crippen LogP contribution >= 0.6 is 23.2 Å². The minimum Gasteiger partial charge on any atom is -0.378 e. The topological polar surface area (TPSA) is 48.1 Å². The van der Waals surface area contributed by atoms with Crippen LogP contribution in [-0.4, -0.2) is 35.9 Å². The summed E-state index contributed by atoms with van der Waals surface area (Å²) in [5.74, 6) is -0.0917. The van der Waals surface area contributed by atoms with E-state index in [1.54, 1.807) is 0 Å². The van der Waals surface area contributed by atoms with Gasteiger partial charge in [-0.05, 0) is 42.7 Å². The van der Waals surface area contributed by atoms with Gasteiger partial charge in [-0.3, -0.25) is 4.79 Å². The van der Waals surface area contributed by atoms with Crippen LogP contribution in [0, 0.1) is 5.41 Å². The molecule has 0 radical (unpaired) electrons. The molecule has 3 aromatic rings. The first-order chi connectivity index (χ1) is 13.7. The lowest BCUT2D eigenvalue weighted by molar-refractivity contribution is -0.125. The van der Waals surface area contributed by atoms with Crippen LogP contribution in [0.3, 0.4) is 0 Å². The summed E-state index contributed by atoms with van der Waals surface area (Å²) in [7, 11) is 4.04. The molecule has 2 N–H and O–H groups in total. The van der Waals surface area contributed by atoms with E-state index >= 15 is 0 Å². The zero-order valence-electron chi connectivity index (χ0n) is 16.8. The van der Waals surface area contributed by atoms with Gasteiger partial charge >= 0.3 is 0 Å². The van der Waals surface area contributed by atoms with Crippen LogP contribution in [-0.2, 0) is 4.79 Å². The highest BCUT2D eigenvalue weighted by Gasteiger charge is 2.67. The quantitative estimate of drug-likeness (QED) is 0.537. The van der Waals surface area contributed by atoms with Gasteiger partial charge in [0.05, 0.1) is 5.41 Å². The van der Waals surface area contributed by atoms with E-state index in [0.29, 0.717) is 13.0 Å². The second-order valence-corrected chi connectivity index (χ2v) is 9.74. The van der Waals surface area contributed by atoms with E-state index in [9.17, 15) is 4.79 Å². The number of alkyl halides is 2. The number of carbonyl (C=O) groups is 1. The van der Waals surface area contributed by atoms with Gasteiger partial charge in [0.25, 0.3) is 0 Å². The Kier molecular flexibility index (Phi) is 5.04. The van der Waals surface area contributed by atoms with Gasteiger partial charge in [-0.25, -0.2) is 0 Å². The first-order valence-corrected chi connectivity index (χ1v) is 10.5. The summed E-state index contributed by atoms with van der Waals surface area (Å²) < 4.78 is -0.972. The third kappa shape index (κ3) is 3.60. The van der Waals surface area contributed by atoms with Gasteiger partial charge in [-0.2, -0.15) is 0 Å². The zero-order valence-corrected chi connectivity index (χ0v) is 18.3. The average Bonchev–Trinajstić information content (AvgIpc) is 3.02. The third-order valence-electron chi connectivity index (χ3n) is 6.03. The molecule has 1 heterocycles. The number of rotatable bonds is 6. The second-order valence-electron chi connectivity index (χ2n) is 8.25. The third-order valence-corrected chi connectivity index (χ3v) is 7.14. The molecular weight excluding hydrogens is 405 g/mol. The molecule has 0 unspecified atom stereocenters. The molecule has 1 aliphatic carbocycles. The Morgan fingerprint density at radius 2 is 1.83 bits per heavy atom. The number of nitrogens with one attached hydrogen (secondary N) is 2. The van der Waals surface area contributed by atoms with E-state index in [2.05, 4.69) is 51.6 Å². The van der Waals surface area contributed by atoms with Crippen molar-refractivity contribution in [1.82, 2.24) is 10.3 Å². The normalized spacial score (nSPS) is 21.0. The van der Waals surface area contributed by atoms with Crippen molar-refractivity contribution in [1.29, 1.82) is 0 Å². The van der Waals surface area contributed by atoms with Gasteiger partial charge < -0.3 is 15.2 Å². The number of carbonyl (C=O) groups excluding carboxylic acids is 1. The lowest BCUT2D eigenvalue weighted by atomic mass is 9.90. The van der Waals surface area contributed by atoms with Gasteiger partial charge in [-0.15, -0.1) is 23.2 Å². The lowest BCUT2D eigenvalue weighted by Gasteiger charge is -2.21. The highest BCUT2D eigenvalue weighted by molar-refractivity contribution is 6.53. The molecule has 1 fully saturated rings. The van der Waals surface area contributed by atoms with Crippen LogP contribution in [0.5, 0.6) is 0 Å². The molecule has 0 bridgehead atoms. The summed E-state index contributed by atoms with van der Waals surface area (Å²) in [6, 6.07) is 16.7. The minimum atomic E-state index is -0.972. The monoisotopic (exact) mass is 429 g/mol. The van der Waals surface area contributed by atoms with Crippen molar-refractivity contribution in [2.24, 2.45) is 5.41 Å². The molecule has 1 aliphatic rings. The molecule has 1 amide bonds. The number of hydrogen-bond donors (Lipinski definition) is 2. The Morgan fingerprint density at radius 1 is 1.17 bits per heavy atom. The van der Waals surface area contributed by atoms with Crippen LogP contribution in [0.25, 0.3) is 10.9 Å². The standard InChI is InChI=1S/C23H25Cl2N3O/c1-22(14-23(22,24)25)21(29)27-12-18(15-8-10-16(11-9-15)28(2)3)19-13-26-20-7-5-4-6-17(19)20/h4-11,13,18,26H,12,14H2,1-3H3,(H,27,29)/t18-,22-/m1/s1. The first-order valence-electron chi connectivity index (χ1n) is 9.72. The number of anilines is 1. The number of hydrogen-bond acceptors (Lipinski definition) is 2. The second kappa shape index (κ2) is 7.26. The summed E-state index contributed by atoms with van der Waals surface area (Å²) in [5.41, 5.74) is 3.79. The fourth-order valence-electron chi connectivity index (χ4n) is 3.83. The van der Waals surface area contributed by atoms with Crippen molar-refractivity contribution in [3.63, 3.8) is 0 Å². The molecule has 2 aromatic carbocycles. The van der Waals surface area contributed by atoms with Gasteiger partial charge in [0.15, 0.2) is 0 Å². The summed E-state index contributed by atoms with van der Waals surface area (Å²) >= 11 is 12.4. The Hall–Kier alpha value is -2.17. The predicted octanol–water partition coefficient (Wildman–Crippen LogP) is 5.07. The van der Waals surface area contributed by atoms with Gasteiger partial charge in [0.1, 0.15) is 4.33 Å². The number of aromatic nitrogens is 1. The molecule has 6 heteroatoms. The molecule has 152 valence electrons. The minimum absolute atomic E-state index is 0.00807. The van der Waals surface area contributed by atoms with E-state index in [4.69, 9.17) is 23.2 Å². The van der Waals surface area contributed by atoms with E-state index in [0.717, 1.165) is 27.7 Å². The fraction of sp³-hybridized carbons (Fsp3) is 0.348. The molecule has 4 nitrogen and oxygen atoms in total. The SMILES string of the molecule is CN(C)c1ccc([C@@H](CNC(=O)[C@@]2(C)CC2(Cl)Cl)c2c[nH]c3ccccc23)cc1. The predicted molar refractivity (Wildman–Crippen MR) is 121 cm³/mol. The van der Waals surface area contributed by atoms with Crippen molar-refractivity contribution in [3.05, 3.63) is 65.9 Å². The molecule has 0 spiro atoms. The van der Waals surface area contributed by atoms with Crippen molar-refractivity contribution in [2.75, 3.05) is 25.5 Å². The maximum Gasteiger partial charge on any atom is 0.229 e. The maximum atomic E-state index is 12.8. The maximum absolute atomic E-state index is 12.8. The number of fused-ring (bicyclic) bond motifs is 1. The number of halogens is 2. The van der Waals surface area contributed by atoms with Crippen molar-refractivity contribution in [3.8, 4) is 0 Å². The van der Waals surface area contributed by atoms with Crippen molar-refractivity contribution < 1.29 is 4.79 Å². The Morgan fingerprint density at radius 3 is 2.45 bits per heavy atom. The number of H-pyrrole nitrogens is 1. The molecule has 2 atom stereocenters. The fourth-order valence-corrected chi connectivity index (χ4v) is 4.54. The summed E-state index contributed by atoms with van der Waals surface area (Å²) in [6.45, 7) is 2.29. The largest absolute Gasteiger partial charge is 0.378 e.